The maximum Gasteiger partial charge on any atom is 0.248 e. The predicted molar refractivity (Wildman–Crippen MR) is 83.3 cm³/mol. The Bertz CT molecular complexity index is 506. The van der Waals surface area contributed by atoms with Crippen molar-refractivity contribution in [2.45, 2.75) is 51.2 Å². The largest absolute Gasteiger partial charge is 0.382 e. The number of benzene rings is 1. The lowest BCUT2D eigenvalue weighted by Crippen LogP contribution is -2.60. The molecule has 0 heterocycles. The Hall–Kier alpha value is -1.55. The number of rotatable bonds is 5. The lowest BCUT2D eigenvalue weighted by Gasteiger charge is -2.54. The van der Waals surface area contributed by atoms with Crippen LogP contribution in [-0.4, -0.2) is 24.7 Å². The van der Waals surface area contributed by atoms with E-state index in [2.05, 4.69) is 12.2 Å². The Morgan fingerprint density at radius 1 is 1.33 bits per heavy atom. The molecule has 3 N–H and O–H groups in total. The fourth-order valence-electron chi connectivity index (χ4n) is 4.02. The molecule has 4 nitrogen and oxygen atoms in total. The van der Waals surface area contributed by atoms with Gasteiger partial charge in [0.1, 0.15) is 0 Å². The van der Waals surface area contributed by atoms with Crippen LogP contribution in [0.5, 0.6) is 0 Å². The lowest BCUT2D eigenvalue weighted by molar-refractivity contribution is -0.114. The van der Waals surface area contributed by atoms with Gasteiger partial charge in [0.2, 0.25) is 5.91 Å². The van der Waals surface area contributed by atoms with Crippen molar-refractivity contribution >= 4 is 11.6 Å². The van der Waals surface area contributed by atoms with E-state index in [1.54, 1.807) is 12.1 Å². The molecule has 114 valence electrons. The zero-order valence-corrected chi connectivity index (χ0v) is 12.6. The smallest absolute Gasteiger partial charge is 0.248 e. The summed E-state index contributed by atoms with van der Waals surface area (Å²) >= 11 is 0. The molecule has 0 saturated heterocycles. The van der Waals surface area contributed by atoms with Crippen molar-refractivity contribution in [1.82, 2.24) is 0 Å². The van der Waals surface area contributed by atoms with Crippen LogP contribution in [-0.2, 0) is 4.74 Å². The van der Waals surface area contributed by atoms with Crippen LogP contribution in [0.3, 0.4) is 0 Å². The van der Waals surface area contributed by atoms with Gasteiger partial charge in [-0.25, -0.2) is 0 Å². The first-order chi connectivity index (χ1) is 10.2. The van der Waals surface area contributed by atoms with Crippen molar-refractivity contribution in [2.75, 3.05) is 11.9 Å². The Labute approximate surface area is 126 Å². The second kappa shape index (κ2) is 5.68. The molecule has 2 aliphatic carbocycles. The van der Waals surface area contributed by atoms with Gasteiger partial charge in [0.15, 0.2) is 0 Å². The number of ether oxygens (including phenoxy) is 1. The van der Waals surface area contributed by atoms with Crippen molar-refractivity contribution in [2.24, 2.45) is 11.1 Å². The van der Waals surface area contributed by atoms with Crippen molar-refractivity contribution in [3.05, 3.63) is 29.8 Å². The fraction of sp³-hybridized carbons (Fsp3) is 0.588. The number of nitrogens with one attached hydrogen (secondary N) is 1. The second-order valence-corrected chi connectivity index (χ2v) is 6.26. The van der Waals surface area contributed by atoms with Crippen molar-refractivity contribution in [3.63, 3.8) is 0 Å². The number of amides is 1. The minimum atomic E-state index is -0.381. The molecule has 1 aromatic carbocycles. The predicted octanol–water partition coefficient (Wildman–Crippen LogP) is 2.94. The van der Waals surface area contributed by atoms with Crippen molar-refractivity contribution < 1.29 is 9.53 Å². The van der Waals surface area contributed by atoms with Crippen molar-refractivity contribution in [1.29, 1.82) is 0 Å². The SMILES string of the molecule is CCOC1CC(Nc2ccc(C(N)=O)cc2)C12CCCC2. The van der Waals surface area contributed by atoms with Gasteiger partial charge in [-0.05, 0) is 50.5 Å². The Balaban J connectivity index is 1.69. The highest BCUT2D eigenvalue weighted by Gasteiger charge is 2.56. The number of hydrogen-bond acceptors (Lipinski definition) is 3. The highest BCUT2D eigenvalue weighted by molar-refractivity contribution is 5.93. The number of nitrogens with two attached hydrogens (primary N) is 1. The summed E-state index contributed by atoms with van der Waals surface area (Å²) in [6, 6.07) is 7.93. The van der Waals surface area contributed by atoms with Crippen LogP contribution in [0.25, 0.3) is 0 Å². The third-order valence-corrected chi connectivity index (χ3v) is 5.20. The van der Waals surface area contributed by atoms with Gasteiger partial charge in [0.05, 0.1) is 6.10 Å². The molecule has 2 aliphatic rings. The molecule has 0 aromatic heterocycles. The van der Waals surface area contributed by atoms with E-state index in [0.29, 0.717) is 23.1 Å². The summed E-state index contributed by atoms with van der Waals surface area (Å²) in [6.07, 6.45) is 6.62. The molecule has 1 amide bonds. The quantitative estimate of drug-likeness (QED) is 0.875. The third kappa shape index (κ3) is 2.53. The zero-order chi connectivity index (χ0) is 14.9. The standard InChI is InChI=1S/C17H24N2O2/c1-2-21-15-11-14(17(15)9-3-4-10-17)19-13-7-5-12(6-8-13)16(18)20/h5-8,14-15,19H,2-4,9-11H2,1H3,(H2,18,20). The van der Waals surface area contributed by atoms with Gasteiger partial charge in [0.25, 0.3) is 0 Å². The maximum absolute atomic E-state index is 11.1. The Morgan fingerprint density at radius 3 is 2.57 bits per heavy atom. The van der Waals surface area contributed by atoms with Gasteiger partial charge >= 0.3 is 0 Å². The summed E-state index contributed by atoms with van der Waals surface area (Å²) in [5.41, 5.74) is 7.20. The van der Waals surface area contributed by atoms with Crippen LogP contribution in [0, 0.1) is 5.41 Å². The minimum absolute atomic E-state index is 0.318. The average molecular weight is 288 g/mol. The number of anilines is 1. The van der Waals surface area contributed by atoms with Crippen LogP contribution in [0.2, 0.25) is 0 Å². The molecule has 0 bridgehead atoms. The topological polar surface area (TPSA) is 64.3 Å². The molecule has 0 aliphatic heterocycles. The van der Waals surface area contributed by atoms with E-state index in [1.807, 2.05) is 12.1 Å². The van der Waals surface area contributed by atoms with Gasteiger partial charge in [-0.2, -0.15) is 0 Å². The van der Waals surface area contributed by atoms with E-state index >= 15 is 0 Å². The molecule has 3 rings (SSSR count). The summed E-state index contributed by atoms with van der Waals surface area (Å²) in [5, 5.41) is 3.63. The monoisotopic (exact) mass is 288 g/mol. The van der Waals surface area contributed by atoms with Crippen LogP contribution in [0.1, 0.15) is 49.4 Å². The molecular weight excluding hydrogens is 264 g/mol. The van der Waals surface area contributed by atoms with E-state index in [-0.39, 0.29) is 5.91 Å². The number of hydrogen-bond donors (Lipinski definition) is 2. The molecule has 2 saturated carbocycles. The highest BCUT2D eigenvalue weighted by Crippen LogP contribution is 2.55. The van der Waals surface area contributed by atoms with Gasteiger partial charge in [-0.15, -0.1) is 0 Å². The van der Waals surface area contributed by atoms with Crippen LogP contribution in [0.4, 0.5) is 5.69 Å². The summed E-state index contributed by atoms with van der Waals surface area (Å²) in [4.78, 5) is 11.1. The first-order valence-electron chi connectivity index (χ1n) is 7.94. The fourth-order valence-corrected chi connectivity index (χ4v) is 4.02. The van der Waals surface area contributed by atoms with E-state index in [9.17, 15) is 4.79 Å². The number of carbonyl (C=O) groups excluding carboxylic acids is 1. The molecule has 1 spiro atoms. The van der Waals surface area contributed by atoms with Gasteiger partial charge in [-0.1, -0.05) is 12.8 Å². The summed E-state index contributed by atoms with van der Waals surface area (Å²) < 4.78 is 5.93. The first kappa shape index (κ1) is 14.4. The number of carbonyl (C=O) groups is 1. The number of primary amides is 1. The molecule has 2 atom stereocenters. The average Bonchev–Trinajstić information content (AvgIpc) is 2.99. The molecule has 21 heavy (non-hydrogen) atoms. The molecule has 0 radical (unpaired) electrons. The van der Waals surface area contributed by atoms with E-state index in [0.717, 1.165) is 18.7 Å². The minimum Gasteiger partial charge on any atom is -0.382 e. The molecule has 1 aromatic rings. The van der Waals surface area contributed by atoms with E-state index in [1.165, 1.54) is 25.7 Å². The van der Waals surface area contributed by atoms with Gasteiger partial charge in [-0.3, -0.25) is 4.79 Å². The Morgan fingerprint density at radius 2 is 2.00 bits per heavy atom. The highest BCUT2D eigenvalue weighted by atomic mass is 16.5. The Kier molecular flexibility index (Phi) is 3.89. The summed E-state index contributed by atoms with van der Waals surface area (Å²) in [7, 11) is 0. The summed E-state index contributed by atoms with van der Waals surface area (Å²) in [6.45, 7) is 2.87. The molecule has 4 heteroatoms. The second-order valence-electron chi connectivity index (χ2n) is 6.26. The van der Waals surface area contributed by atoms with E-state index in [4.69, 9.17) is 10.5 Å². The molecular formula is C17H24N2O2. The lowest BCUT2D eigenvalue weighted by atomic mass is 9.60. The zero-order valence-electron chi connectivity index (χ0n) is 12.6. The van der Waals surface area contributed by atoms with E-state index < -0.39 is 0 Å². The van der Waals surface area contributed by atoms with Gasteiger partial charge < -0.3 is 15.8 Å². The van der Waals surface area contributed by atoms with Crippen LogP contribution < -0.4 is 11.1 Å². The van der Waals surface area contributed by atoms with Crippen LogP contribution >= 0.6 is 0 Å². The third-order valence-electron chi connectivity index (χ3n) is 5.20. The summed E-state index contributed by atoms with van der Waals surface area (Å²) in [5.74, 6) is -0.381. The molecule has 2 unspecified atom stereocenters. The normalized spacial score (nSPS) is 26.5. The first-order valence-corrected chi connectivity index (χ1v) is 7.94. The molecule has 2 fully saturated rings. The van der Waals surface area contributed by atoms with Crippen LogP contribution in [0.15, 0.2) is 24.3 Å². The van der Waals surface area contributed by atoms with Gasteiger partial charge in [0, 0.05) is 29.3 Å². The van der Waals surface area contributed by atoms with Crippen molar-refractivity contribution in [3.8, 4) is 0 Å². The maximum atomic E-state index is 11.1.